The van der Waals surface area contributed by atoms with Crippen LogP contribution in [-0.2, 0) is 11.8 Å². The molecule has 0 bridgehead atoms. The molecule has 0 aliphatic heterocycles. The summed E-state index contributed by atoms with van der Waals surface area (Å²) in [7, 11) is 0. The van der Waals surface area contributed by atoms with Crippen LogP contribution >= 0.6 is 11.8 Å². The molecule has 3 N–H and O–H groups in total. The van der Waals surface area contributed by atoms with Gasteiger partial charge >= 0.3 is 0 Å². The molecule has 0 spiro atoms. The molecule has 0 saturated heterocycles. The van der Waals surface area contributed by atoms with E-state index in [1.54, 1.807) is 0 Å². The summed E-state index contributed by atoms with van der Waals surface area (Å²) in [5.41, 5.74) is 8.54. The minimum absolute atomic E-state index is 0.219. The Kier molecular flexibility index (Phi) is 5.31. The van der Waals surface area contributed by atoms with Crippen LogP contribution in [0, 0.1) is 0 Å². The second-order valence-electron chi connectivity index (χ2n) is 5.37. The Hall–Kier alpha value is -0.510. The van der Waals surface area contributed by atoms with Gasteiger partial charge in [0, 0.05) is 12.0 Å². The average molecular weight is 279 g/mol. The standard InChI is InChI=1S/C16H25NOS/c1-2-19-11-9-15(18)16(12-17)10-5-7-13-6-3-4-8-14(13)16/h3-4,6,8,15,18H,2,5,7,9-12,17H2,1H3. The van der Waals surface area contributed by atoms with Crippen molar-refractivity contribution in [3.63, 3.8) is 0 Å². The number of hydrogen-bond acceptors (Lipinski definition) is 3. The molecule has 0 radical (unpaired) electrons. The van der Waals surface area contributed by atoms with Crippen molar-refractivity contribution in [1.29, 1.82) is 0 Å². The largest absolute Gasteiger partial charge is 0.392 e. The number of thioether (sulfide) groups is 1. The number of aliphatic hydroxyl groups is 1. The summed E-state index contributed by atoms with van der Waals surface area (Å²) in [6.07, 6.45) is 3.78. The molecule has 2 nitrogen and oxygen atoms in total. The molecular formula is C16H25NOS. The van der Waals surface area contributed by atoms with Crippen molar-refractivity contribution in [3.8, 4) is 0 Å². The molecule has 0 amide bonds. The van der Waals surface area contributed by atoms with E-state index in [-0.39, 0.29) is 11.5 Å². The first-order chi connectivity index (χ1) is 9.24. The van der Waals surface area contributed by atoms with Gasteiger partial charge in [0.2, 0.25) is 0 Å². The minimum atomic E-state index is -0.321. The van der Waals surface area contributed by atoms with Crippen LogP contribution in [0.15, 0.2) is 24.3 Å². The van der Waals surface area contributed by atoms with E-state index >= 15 is 0 Å². The number of nitrogens with two attached hydrogens (primary N) is 1. The number of aryl methyl sites for hydroxylation is 1. The molecule has 0 aromatic heterocycles. The SMILES string of the molecule is CCSCCC(O)C1(CN)CCCc2ccccc21. The minimum Gasteiger partial charge on any atom is -0.392 e. The van der Waals surface area contributed by atoms with Crippen molar-refractivity contribution in [1.82, 2.24) is 0 Å². The molecule has 1 aliphatic carbocycles. The highest BCUT2D eigenvalue weighted by Gasteiger charge is 2.41. The molecule has 0 saturated carbocycles. The monoisotopic (exact) mass is 279 g/mol. The fourth-order valence-corrected chi connectivity index (χ4v) is 3.94. The quantitative estimate of drug-likeness (QED) is 0.787. The number of rotatable bonds is 6. The third-order valence-electron chi connectivity index (χ3n) is 4.36. The zero-order chi connectivity index (χ0) is 13.7. The number of fused-ring (bicyclic) bond motifs is 1. The van der Waals surface area contributed by atoms with Gasteiger partial charge in [0.1, 0.15) is 0 Å². The third-order valence-corrected chi connectivity index (χ3v) is 5.30. The fraction of sp³-hybridized carbons (Fsp3) is 0.625. The predicted molar refractivity (Wildman–Crippen MR) is 83.7 cm³/mol. The van der Waals surface area contributed by atoms with E-state index in [2.05, 4.69) is 31.2 Å². The van der Waals surface area contributed by atoms with Crippen LogP contribution in [0.2, 0.25) is 0 Å². The summed E-state index contributed by atoms with van der Waals surface area (Å²) >= 11 is 1.89. The first-order valence-electron chi connectivity index (χ1n) is 7.29. The maximum atomic E-state index is 10.7. The Morgan fingerprint density at radius 2 is 2.21 bits per heavy atom. The van der Waals surface area contributed by atoms with Crippen molar-refractivity contribution < 1.29 is 5.11 Å². The van der Waals surface area contributed by atoms with Gasteiger partial charge in [-0.1, -0.05) is 31.2 Å². The van der Waals surface area contributed by atoms with E-state index in [9.17, 15) is 5.11 Å². The molecule has 19 heavy (non-hydrogen) atoms. The van der Waals surface area contributed by atoms with Gasteiger partial charge in [-0.2, -0.15) is 11.8 Å². The summed E-state index contributed by atoms with van der Waals surface area (Å²) in [5, 5.41) is 10.7. The van der Waals surface area contributed by atoms with Crippen molar-refractivity contribution in [2.45, 2.75) is 44.1 Å². The molecule has 3 heteroatoms. The second-order valence-corrected chi connectivity index (χ2v) is 6.77. The van der Waals surface area contributed by atoms with Crippen molar-refractivity contribution in [3.05, 3.63) is 35.4 Å². The molecule has 2 rings (SSSR count). The summed E-state index contributed by atoms with van der Waals surface area (Å²) in [6, 6.07) is 8.51. The lowest BCUT2D eigenvalue weighted by atomic mass is 9.66. The molecule has 106 valence electrons. The highest BCUT2D eigenvalue weighted by atomic mass is 32.2. The van der Waals surface area contributed by atoms with E-state index in [0.29, 0.717) is 6.54 Å². The van der Waals surface area contributed by atoms with E-state index < -0.39 is 0 Å². The smallest absolute Gasteiger partial charge is 0.0656 e. The summed E-state index contributed by atoms with van der Waals surface area (Å²) < 4.78 is 0. The van der Waals surface area contributed by atoms with Crippen LogP contribution in [0.1, 0.15) is 37.3 Å². The molecule has 2 unspecified atom stereocenters. The average Bonchev–Trinajstić information content (AvgIpc) is 2.46. The molecular weight excluding hydrogens is 254 g/mol. The third kappa shape index (κ3) is 2.99. The topological polar surface area (TPSA) is 46.2 Å². The molecule has 0 fully saturated rings. The predicted octanol–water partition coefficient (Wildman–Crippen LogP) is 2.72. The second kappa shape index (κ2) is 6.78. The zero-order valence-electron chi connectivity index (χ0n) is 11.8. The highest BCUT2D eigenvalue weighted by molar-refractivity contribution is 7.99. The van der Waals surface area contributed by atoms with Gasteiger partial charge in [0.25, 0.3) is 0 Å². The number of benzene rings is 1. The van der Waals surface area contributed by atoms with E-state index in [4.69, 9.17) is 5.73 Å². The molecule has 0 heterocycles. The van der Waals surface area contributed by atoms with Crippen LogP contribution in [0.3, 0.4) is 0 Å². The van der Waals surface area contributed by atoms with Gasteiger partial charge in [-0.15, -0.1) is 0 Å². The fourth-order valence-electron chi connectivity index (χ4n) is 3.26. The first kappa shape index (κ1) is 14.9. The lowest BCUT2D eigenvalue weighted by molar-refractivity contribution is 0.0699. The van der Waals surface area contributed by atoms with Crippen LogP contribution < -0.4 is 5.73 Å². The van der Waals surface area contributed by atoms with Crippen LogP contribution in [0.4, 0.5) is 0 Å². The Morgan fingerprint density at radius 3 is 2.95 bits per heavy atom. The Labute approximate surface area is 120 Å². The summed E-state index contributed by atoms with van der Waals surface area (Å²) in [6.45, 7) is 2.70. The van der Waals surface area contributed by atoms with Gasteiger partial charge in [-0.05, 0) is 48.3 Å². The van der Waals surface area contributed by atoms with Gasteiger partial charge in [0.15, 0.2) is 0 Å². The van der Waals surface area contributed by atoms with Crippen LogP contribution in [0.25, 0.3) is 0 Å². The van der Waals surface area contributed by atoms with Gasteiger partial charge in [-0.25, -0.2) is 0 Å². The van der Waals surface area contributed by atoms with Crippen LogP contribution in [0.5, 0.6) is 0 Å². The van der Waals surface area contributed by atoms with Crippen molar-refractivity contribution in [2.24, 2.45) is 5.73 Å². The van der Waals surface area contributed by atoms with Crippen molar-refractivity contribution >= 4 is 11.8 Å². The van der Waals surface area contributed by atoms with E-state index in [1.165, 1.54) is 11.1 Å². The molecule has 1 aliphatic rings. The molecule has 2 atom stereocenters. The van der Waals surface area contributed by atoms with Crippen LogP contribution in [-0.4, -0.2) is 29.3 Å². The number of aliphatic hydroxyl groups excluding tert-OH is 1. The Balaban J connectivity index is 2.23. The van der Waals surface area contributed by atoms with E-state index in [1.807, 2.05) is 11.8 Å². The first-order valence-corrected chi connectivity index (χ1v) is 8.44. The van der Waals surface area contributed by atoms with Gasteiger partial charge < -0.3 is 10.8 Å². The lowest BCUT2D eigenvalue weighted by Crippen LogP contribution is -2.48. The van der Waals surface area contributed by atoms with Gasteiger partial charge in [-0.3, -0.25) is 0 Å². The summed E-state index contributed by atoms with van der Waals surface area (Å²) in [5.74, 6) is 2.13. The molecule has 1 aromatic rings. The Bertz CT molecular complexity index is 409. The van der Waals surface area contributed by atoms with Crippen molar-refractivity contribution in [2.75, 3.05) is 18.1 Å². The molecule has 1 aromatic carbocycles. The van der Waals surface area contributed by atoms with E-state index in [0.717, 1.165) is 37.2 Å². The summed E-state index contributed by atoms with van der Waals surface area (Å²) in [4.78, 5) is 0. The maximum absolute atomic E-state index is 10.7. The zero-order valence-corrected chi connectivity index (χ0v) is 12.6. The lowest BCUT2D eigenvalue weighted by Gasteiger charge is -2.42. The normalized spacial score (nSPS) is 23.9. The Morgan fingerprint density at radius 1 is 1.42 bits per heavy atom. The number of hydrogen-bond donors (Lipinski definition) is 2. The highest BCUT2D eigenvalue weighted by Crippen LogP contribution is 2.40. The van der Waals surface area contributed by atoms with Gasteiger partial charge in [0.05, 0.1) is 6.10 Å². The maximum Gasteiger partial charge on any atom is 0.0656 e.